The lowest BCUT2D eigenvalue weighted by Crippen LogP contribution is -2.32. The molecule has 4 aromatic rings. The first-order chi connectivity index (χ1) is 17.2. The van der Waals surface area contributed by atoms with Crippen LogP contribution in [-0.4, -0.2) is 43.3 Å². The van der Waals surface area contributed by atoms with Crippen molar-refractivity contribution in [2.24, 2.45) is 0 Å². The van der Waals surface area contributed by atoms with Crippen LogP contribution in [0.15, 0.2) is 59.5 Å². The van der Waals surface area contributed by atoms with Crippen LogP contribution in [0.5, 0.6) is 11.5 Å². The van der Waals surface area contributed by atoms with Gasteiger partial charge in [-0.2, -0.15) is 0 Å². The minimum absolute atomic E-state index is 0.120. The lowest BCUT2D eigenvalue weighted by molar-refractivity contribution is 0.354. The van der Waals surface area contributed by atoms with Crippen molar-refractivity contribution in [2.45, 2.75) is 17.9 Å². The topological polar surface area (TPSA) is 110 Å². The maximum atomic E-state index is 14.5. The molecule has 0 aliphatic heterocycles. The lowest BCUT2D eigenvalue weighted by atomic mass is 10.0. The number of H-pyrrole nitrogens is 1. The van der Waals surface area contributed by atoms with Gasteiger partial charge in [-0.1, -0.05) is 17.7 Å². The van der Waals surface area contributed by atoms with Crippen molar-refractivity contribution in [3.8, 4) is 11.5 Å². The minimum atomic E-state index is -4.28. The number of benzene rings is 3. The average molecular weight is 536 g/mol. The van der Waals surface area contributed by atoms with E-state index < -0.39 is 21.7 Å². The van der Waals surface area contributed by atoms with Gasteiger partial charge in [-0.05, 0) is 58.5 Å². The molecule has 0 unspecified atom stereocenters. The predicted molar refractivity (Wildman–Crippen MR) is 128 cm³/mol. The highest BCUT2D eigenvalue weighted by molar-refractivity contribution is 7.92. The van der Waals surface area contributed by atoms with Crippen molar-refractivity contribution in [1.82, 2.24) is 20.6 Å². The van der Waals surface area contributed by atoms with E-state index in [9.17, 15) is 17.2 Å². The van der Waals surface area contributed by atoms with Crippen molar-refractivity contribution >= 4 is 27.3 Å². The minimum Gasteiger partial charge on any atom is -0.493 e. The first kappa shape index (κ1) is 25.3. The summed E-state index contributed by atoms with van der Waals surface area (Å²) in [5.41, 5.74) is 0.169. The Hall–Kier alpha value is -3.77. The molecule has 0 atom stereocenters. The Labute approximate surface area is 210 Å². The predicted octanol–water partition coefficient (Wildman–Crippen LogP) is 4.13. The molecule has 1 N–H and O–H groups in total. The van der Waals surface area contributed by atoms with Crippen molar-refractivity contribution in [2.75, 3.05) is 18.5 Å². The van der Waals surface area contributed by atoms with E-state index in [2.05, 4.69) is 20.6 Å². The Bertz CT molecular complexity index is 1470. The molecule has 0 aliphatic carbocycles. The van der Waals surface area contributed by atoms with Crippen LogP contribution in [0.3, 0.4) is 0 Å². The number of nitrogens with zero attached hydrogens (tertiary/aromatic N) is 4. The zero-order valence-electron chi connectivity index (χ0n) is 19.1. The van der Waals surface area contributed by atoms with E-state index in [4.69, 9.17) is 21.1 Å². The number of hydrogen-bond donors (Lipinski definition) is 1. The number of ether oxygens (including phenoxy) is 2. The van der Waals surface area contributed by atoms with Crippen LogP contribution in [0, 0.1) is 11.6 Å². The van der Waals surface area contributed by atoms with Gasteiger partial charge in [0.05, 0.1) is 31.3 Å². The van der Waals surface area contributed by atoms with Crippen LogP contribution in [0.1, 0.15) is 17.0 Å². The second-order valence-electron chi connectivity index (χ2n) is 7.53. The number of hydrogen-bond acceptors (Lipinski definition) is 7. The molecular weight excluding hydrogens is 516 g/mol. The number of tetrazole rings is 1. The lowest BCUT2D eigenvalue weighted by Gasteiger charge is -2.26. The summed E-state index contributed by atoms with van der Waals surface area (Å²) in [6, 6.07) is 12.0. The van der Waals surface area contributed by atoms with E-state index in [1.807, 2.05) is 0 Å². The third-order valence-corrected chi connectivity index (χ3v) is 7.36. The highest BCUT2D eigenvalue weighted by Gasteiger charge is 2.30. The fraction of sp³-hybridized carbons (Fsp3) is 0.174. The number of aromatic amines is 1. The first-order valence-electron chi connectivity index (χ1n) is 10.4. The zero-order chi connectivity index (χ0) is 25.9. The Balaban J connectivity index is 1.88. The molecule has 0 amide bonds. The first-order valence-corrected chi connectivity index (χ1v) is 12.2. The summed E-state index contributed by atoms with van der Waals surface area (Å²) in [4.78, 5) is -0.120. The van der Waals surface area contributed by atoms with E-state index in [1.54, 1.807) is 0 Å². The van der Waals surface area contributed by atoms with Gasteiger partial charge < -0.3 is 9.47 Å². The average Bonchev–Trinajstić information content (AvgIpc) is 3.38. The van der Waals surface area contributed by atoms with E-state index >= 15 is 0 Å². The van der Waals surface area contributed by atoms with E-state index in [0.717, 1.165) is 16.4 Å². The largest absolute Gasteiger partial charge is 0.493 e. The van der Waals surface area contributed by atoms with Crippen LogP contribution in [0.25, 0.3) is 0 Å². The molecule has 188 valence electrons. The highest BCUT2D eigenvalue weighted by Crippen LogP contribution is 2.35. The molecule has 0 radical (unpaired) electrons. The molecule has 4 rings (SSSR count). The molecule has 1 heterocycles. The highest BCUT2D eigenvalue weighted by atomic mass is 35.5. The van der Waals surface area contributed by atoms with Crippen molar-refractivity contribution in [3.05, 3.63) is 88.2 Å². The number of anilines is 1. The fourth-order valence-electron chi connectivity index (χ4n) is 3.62. The van der Waals surface area contributed by atoms with Crippen LogP contribution < -0.4 is 13.8 Å². The summed E-state index contributed by atoms with van der Waals surface area (Å²) in [5.74, 6) is -0.865. The quantitative estimate of drug-likeness (QED) is 0.343. The van der Waals surface area contributed by atoms with E-state index in [-0.39, 0.29) is 51.3 Å². The van der Waals surface area contributed by atoms with Crippen LogP contribution in [-0.2, 0) is 23.0 Å². The van der Waals surface area contributed by atoms with Gasteiger partial charge in [-0.15, -0.1) is 5.10 Å². The van der Waals surface area contributed by atoms with Gasteiger partial charge in [0, 0.05) is 23.1 Å². The molecule has 0 aliphatic rings. The smallest absolute Gasteiger partial charge is 0.264 e. The summed E-state index contributed by atoms with van der Waals surface area (Å²) in [5, 5.41) is 13.6. The molecule has 9 nitrogen and oxygen atoms in total. The molecular formula is C23H20ClF2N5O4S. The third-order valence-electron chi connectivity index (χ3n) is 5.36. The molecule has 36 heavy (non-hydrogen) atoms. The van der Waals surface area contributed by atoms with E-state index in [0.29, 0.717) is 5.75 Å². The Morgan fingerprint density at radius 3 is 2.36 bits per heavy atom. The summed E-state index contributed by atoms with van der Waals surface area (Å²) in [6.07, 6.45) is -0.263. The molecule has 0 spiro atoms. The Morgan fingerprint density at radius 1 is 1.00 bits per heavy atom. The summed E-state index contributed by atoms with van der Waals surface area (Å²) < 4.78 is 68.3. The maximum absolute atomic E-state index is 14.5. The molecule has 1 aromatic heterocycles. The van der Waals surface area contributed by atoms with Crippen molar-refractivity contribution in [1.29, 1.82) is 0 Å². The van der Waals surface area contributed by atoms with E-state index in [1.165, 1.54) is 56.7 Å². The van der Waals surface area contributed by atoms with Crippen LogP contribution in [0.4, 0.5) is 14.5 Å². The van der Waals surface area contributed by atoms with Crippen LogP contribution >= 0.6 is 11.6 Å². The third kappa shape index (κ3) is 5.09. The number of nitrogens with one attached hydrogen (secondary N) is 1. The van der Waals surface area contributed by atoms with Gasteiger partial charge in [-0.3, -0.25) is 4.31 Å². The van der Waals surface area contributed by atoms with Gasteiger partial charge in [0.2, 0.25) is 0 Å². The SMILES string of the molecule is COc1ccc(S(=O)(=O)N(Cc2nnn[nH]2)c2ccc(Cl)cc2Cc2c(F)cccc2F)cc1OC. The monoisotopic (exact) mass is 535 g/mol. The molecule has 0 saturated heterocycles. The summed E-state index contributed by atoms with van der Waals surface area (Å²) in [6.45, 7) is -0.307. The zero-order valence-corrected chi connectivity index (χ0v) is 20.6. The Kier molecular flexibility index (Phi) is 7.36. The van der Waals surface area contributed by atoms with Gasteiger partial charge in [0.25, 0.3) is 10.0 Å². The second kappa shape index (κ2) is 10.5. The molecule has 0 saturated carbocycles. The summed E-state index contributed by atoms with van der Waals surface area (Å²) in [7, 11) is -1.47. The normalized spacial score (nSPS) is 11.4. The fourth-order valence-corrected chi connectivity index (χ4v) is 5.29. The maximum Gasteiger partial charge on any atom is 0.264 e. The Morgan fingerprint density at radius 2 is 1.72 bits per heavy atom. The molecule has 3 aromatic carbocycles. The molecule has 13 heteroatoms. The van der Waals surface area contributed by atoms with Gasteiger partial charge >= 0.3 is 0 Å². The second-order valence-corrected chi connectivity index (χ2v) is 9.83. The van der Waals surface area contributed by atoms with Gasteiger partial charge in [-0.25, -0.2) is 22.3 Å². The van der Waals surface area contributed by atoms with Gasteiger partial charge in [0.15, 0.2) is 17.3 Å². The van der Waals surface area contributed by atoms with Gasteiger partial charge in [0.1, 0.15) is 11.6 Å². The number of rotatable bonds is 9. The van der Waals surface area contributed by atoms with Crippen molar-refractivity contribution < 1.29 is 26.7 Å². The molecule has 0 fully saturated rings. The standard InChI is InChI=1S/C23H20ClF2N5O4S/c1-34-21-9-7-16(12-22(21)35-2)36(32,33)31(13-23-27-29-30-28-23)20-8-6-15(24)10-14(20)11-17-18(25)4-3-5-19(17)26/h3-10,12H,11,13H2,1-2H3,(H,27,28,29,30). The molecule has 0 bridgehead atoms. The number of methoxy groups -OCH3 is 2. The summed E-state index contributed by atoms with van der Waals surface area (Å²) >= 11 is 6.19. The van der Waals surface area contributed by atoms with Crippen LogP contribution in [0.2, 0.25) is 5.02 Å². The number of halogens is 3. The number of aromatic nitrogens is 4. The van der Waals surface area contributed by atoms with Crippen molar-refractivity contribution in [3.63, 3.8) is 0 Å². The number of sulfonamides is 1.